The Morgan fingerprint density at radius 2 is 1.75 bits per heavy atom. The van der Waals surface area contributed by atoms with E-state index in [1.165, 1.54) is 17.1 Å². The summed E-state index contributed by atoms with van der Waals surface area (Å²) < 4.78 is 0. The Morgan fingerprint density at radius 1 is 1.12 bits per heavy atom. The normalized spacial score (nSPS) is 15.7. The molecule has 0 saturated heterocycles. The Kier molecular flexibility index (Phi) is 3.87. The molecular formula is C18H15N3O3. The van der Waals surface area contributed by atoms with Crippen molar-refractivity contribution in [1.82, 2.24) is 0 Å². The van der Waals surface area contributed by atoms with Gasteiger partial charge in [0.15, 0.2) is 0 Å². The molecule has 0 spiro atoms. The molecule has 0 fully saturated rings. The molecule has 120 valence electrons. The van der Waals surface area contributed by atoms with Crippen LogP contribution in [-0.2, 0) is 4.79 Å². The second-order valence-electron chi connectivity index (χ2n) is 5.38. The van der Waals surface area contributed by atoms with Crippen LogP contribution in [-0.4, -0.2) is 22.7 Å². The second kappa shape index (κ2) is 6.00. The first-order valence-electron chi connectivity index (χ1n) is 7.26. The number of nitrogens with two attached hydrogens (primary N) is 1. The molecule has 3 N–H and O–H groups in total. The molecule has 1 amide bonds. The van der Waals surface area contributed by atoms with Crippen molar-refractivity contribution in [3.63, 3.8) is 0 Å². The van der Waals surface area contributed by atoms with Gasteiger partial charge in [-0.05, 0) is 55.0 Å². The molecule has 0 saturated carbocycles. The molecule has 0 aromatic heterocycles. The summed E-state index contributed by atoms with van der Waals surface area (Å²) in [5, 5.41) is 14.5. The van der Waals surface area contributed by atoms with E-state index in [4.69, 9.17) is 10.8 Å². The summed E-state index contributed by atoms with van der Waals surface area (Å²) in [4.78, 5) is 23.5. The third-order valence-corrected chi connectivity index (χ3v) is 3.67. The van der Waals surface area contributed by atoms with Crippen molar-refractivity contribution in [3.8, 4) is 0 Å². The highest BCUT2D eigenvalue weighted by atomic mass is 16.4. The van der Waals surface area contributed by atoms with Crippen LogP contribution in [0, 0.1) is 0 Å². The number of amides is 1. The standard InChI is InChI=1S/C18H15N3O3/c1-11-16(10-12-2-6-14(19)7-3-12)17(22)21(20-11)15-8-4-13(5-9-15)18(23)24/h2-10H,19H2,1H3,(H,23,24)/b16-10-. The van der Waals surface area contributed by atoms with E-state index >= 15 is 0 Å². The van der Waals surface area contributed by atoms with Gasteiger partial charge in [-0.1, -0.05) is 12.1 Å². The molecule has 0 radical (unpaired) electrons. The Morgan fingerprint density at radius 3 is 2.33 bits per heavy atom. The van der Waals surface area contributed by atoms with Crippen LogP contribution >= 0.6 is 0 Å². The summed E-state index contributed by atoms with van der Waals surface area (Å²) in [5.41, 5.74) is 8.92. The number of rotatable bonds is 3. The zero-order valence-electron chi connectivity index (χ0n) is 12.9. The van der Waals surface area contributed by atoms with E-state index in [1.807, 2.05) is 12.1 Å². The summed E-state index contributed by atoms with van der Waals surface area (Å²) in [7, 11) is 0. The van der Waals surface area contributed by atoms with Gasteiger partial charge in [0.2, 0.25) is 0 Å². The first-order valence-corrected chi connectivity index (χ1v) is 7.26. The fraction of sp³-hybridized carbons (Fsp3) is 0.0556. The number of anilines is 2. The number of carbonyl (C=O) groups is 2. The number of hydrogen-bond acceptors (Lipinski definition) is 4. The molecule has 1 aliphatic heterocycles. The predicted molar refractivity (Wildman–Crippen MR) is 92.8 cm³/mol. The Labute approximate surface area is 138 Å². The molecule has 0 atom stereocenters. The maximum atomic E-state index is 12.6. The molecular weight excluding hydrogens is 306 g/mol. The smallest absolute Gasteiger partial charge is 0.335 e. The van der Waals surface area contributed by atoms with Crippen molar-refractivity contribution in [2.45, 2.75) is 6.92 Å². The molecule has 1 aliphatic rings. The minimum atomic E-state index is -1.02. The van der Waals surface area contributed by atoms with Gasteiger partial charge in [-0.3, -0.25) is 4.79 Å². The second-order valence-corrected chi connectivity index (χ2v) is 5.38. The molecule has 24 heavy (non-hydrogen) atoms. The van der Waals surface area contributed by atoms with Crippen molar-refractivity contribution in [3.05, 3.63) is 65.2 Å². The van der Waals surface area contributed by atoms with Crippen molar-refractivity contribution < 1.29 is 14.7 Å². The first-order chi connectivity index (χ1) is 11.5. The van der Waals surface area contributed by atoms with E-state index in [2.05, 4.69) is 5.10 Å². The van der Waals surface area contributed by atoms with E-state index in [0.717, 1.165) is 5.56 Å². The van der Waals surface area contributed by atoms with E-state index in [-0.39, 0.29) is 11.5 Å². The van der Waals surface area contributed by atoms with Crippen molar-refractivity contribution >= 4 is 35.0 Å². The van der Waals surface area contributed by atoms with Gasteiger partial charge in [0.1, 0.15) is 0 Å². The average molecular weight is 321 g/mol. The van der Waals surface area contributed by atoms with Crippen LogP contribution in [0.2, 0.25) is 0 Å². The minimum absolute atomic E-state index is 0.156. The number of carboxylic acid groups (broad SMARTS) is 1. The van der Waals surface area contributed by atoms with Crippen LogP contribution in [0.3, 0.4) is 0 Å². The lowest BCUT2D eigenvalue weighted by Gasteiger charge is -2.11. The van der Waals surface area contributed by atoms with Gasteiger partial charge in [-0.2, -0.15) is 10.1 Å². The number of carbonyl (C=O) groups excluding carboxylic acids is 1. The number of carboxylic acids is 1. The van der Waals surface area contributed by atoms with Crippen LogP contribution in [0.5, 0.6) is 0 Å². The fourth-order valence-electron chi connectivity index (χ4n) is 2.36. The monoisotopic (exact) mass is 321 g/mol. The number of nitrogens with zero attached hydrogens (tertiary/aromatic N) is 2. The molecule has 0 unspecified atom stereocenters. The van der Waals surface area contributed by atoms with Crippen LogP contribution < -0.4 is 10.7 Å². The summed E-state index contributed by atoms with van der Waals surface area (Å²) in [6.07, 6.45) is 1.76. The van der Waals surface area contributed by atoms with Crippen molar-refractivity contribution in [2.24, 2.45) is 5.10 Å². The van der Waals surface area contributed by atoms with Gasteiger partial charge >= 0.3 is 5.97 Å². The van der Waals surface area contributed by atoms with Gasteiger partial charge < -0.3 is 10.8 Å². The third-order valence-electron chi connectivity index (χ3n) is 3.67. The molecule has 1 heterocycles. The first kappa shape index (κ1) is 15.5. The SMILES string of the molecule is CC1=NN(c2ccc(C(=O)O)cc2)C(=O)/C1=C\c1ccc(N)cc1. The summed E-state index contributed by atoms with van der Waals surface area (Å²) in [5.74, 6) is -1.27. The predicted octanol–water partition coefficient (Wildman–Crippen LogP) is 2.77. The van der Waals surface area contributed by atoms with Gasteiger partial charge in [-0.25, -0.2) is 4.79 Å². The quantitative estimate of drug-likeness (QED) is 0.671. The van der Waals surface area contributed by atoms with Crippen LogP contribution in [0.25, 0.3) is 6.08 Å². The Balaban J connectivity index is 1.90. The number of hydrazone groups is 1. The molecule has 0 aliphatic carbocycles. The number of nitrogen functional groups attached to an aromatic ring is 1. The van der Waals surface area contributed by atoms with Gasteiger partial charge in [0.25, 0.3) is 5.91 Å². The molecule has 2 aromatic rings. The number of benzene rings is 2. The fourth-order valence-corrected chi connectivity index (χ4v) is 2.36. The molecule has 2 aromatic carbocycles. The number of hydrogen-bond donors (Lipinski definition) is 2. The Hall–Kier alpha value is -3.41. The van der Waals surface area contributed by atoms with Crippen LogP contribution in [0.1, 0.15) is 22.8 Å². The summed E-state index contributed by atoms with van der Waals surface area (Å²) in [6.45, 7) is 1.76. The van der Waals surface area contributed by atoms with Gasteiger partial charge in [0, 0.05) is 5.69 Å². The van der Waals surface area contributed by atoms with E-state index in [9.17, 15) is 9.59 Å². The van der Waals surface area contributed by atoms with E-state index < -0.39 is 5.97 Å². The highest BCUT2D eigenvalue weighted by Gasteiger charge is 2.28. The number of aromatic carboxylic acids is 1. The van der Waals surface area contributed by atoms with Crippen LogP contribution in [0.15, 0.2) is 59.2 Å². The molecule has 6 heteroatoms. The van der Waals surface area contributed by atoms with E-state index in [0.29, 0.717) is 22.7 Å². The lowest BCUT2D eigenvalue weighted by molar-refractivity contribution is -0.114. The lowest BCUT2D eigenvalue weighted by atomic mass is 10.1. The van der Waals surface area contributed by atoms with Crippen LogP contribution in [0.4, 0.5) is 11.4 Å². The molecule has 3 rings (SSSR count). The van der Waals surface area contributed by atoms with Crippen molar-refractivity contribution in [2.75, 3.05) is 10.7 Å². The lowest BCUT2D eigenvalue weighted by Crippen LogP contribution is -2.21. The molecule has 0 bridgehead atoms. The maximum Gasteiger partial charge on any atom is 0.335 e. The van der Waals surface area contributed by atoms with Gasteiger partial charge in [-0.15, -0.1) is 0 Å². The average Bonchev–Trinajstić information content (AvgIpc) is 2.85. The minimum Gasteiger partial charge on any atom is -0.478 e. The maximum absolute atomic E-state index is 12.6. The topological polar surface area (TPSA) is 96.0 Å². The summed E-state index contributed by atoms with van der Waals surface area (Å²) >= 11 is 0. The largest absolute Gasteiger partial charge is 0.478 e. The zero-order chi connectivity index (χ0) is 17.3. The molecule has 6 nitrogen and oxygen atoms in total. The summed E-state index contributed by atoms with van der Waals surface area (Å²) in [6, 6.07) is 13.2. The third kappa shape index (κ3) is 2.89. The Bertz CT molecular complexity index is 865. The highest BCUT2D eigenvalue weighted by molar-refractivity contribution is 6.32. The highest BCUT2D eigenvalue weighted by Crippen LogP contribution is 2.25. The van der Waals surface area contributed by atoms with Gasteiger partial charge in [0.05, 0.1) is 22.5 Å². The van der Waals surface area contributed by atoms with Crippen molar-refractivity contribution in [1.29, 1.82) is 0 Å². The zero-order valence-corrected chi connectivity index (χ0v) is 12.9. The van der Waals surface area contributed by atoms with E-state index in [1.54, 1.807) is 37.3 Å².